The Kier molecular flexibility index (Phi) is 15.9. The standard InChI is InChI=1S/C58H34F20N4O4/c1-7-17-13(3)51-27(23-31(59)39(67)47(75)40(68)32(23)60)53-15(5)19(9-11-21(83)84)57(81-53)30(26-37(65)45(73)50(78)46(74)38(26)66)58-20(10-12-22(85)86)16(6)54(82-58)29(25-35(63)43(71)49(77)44(72)36(25)64)56-18(8-2)14(4)52(80-56)28(55(17)79-51)24-33(61)41(69)48(76)42(70)34(24)62/h80-81H,7-12H2,1-6H3,(H,83,84)(H,85,86). The molecule has 0 atom stereocenters. The molecule has 0 fully saturated rings. The maximum Gasteiger partial charge on any atom is 0.303 e. The Hall–Kier alpha value is -8.98. The minimum atomic E-state index is -2.85. The third kappa shape index (κ3) is 9.06. The van der Waals surface area contributed by atoms with Crippen LogP contribution in [0.15, 0.2) is 0 Å². The normalized spacial score (nSPS) is 12.7. The average Bonchev–Trinajstić information content (AvgIpc) is 3.95. The number of hydrogen-bond acceptors (Lipinski definition) is 4. The second kappa shape index (κ2) is 22.1. The molecule has 0 saturated carbocycles. The lowest BCUT2D eigenvalue weighted by Crippen LogP contribution is -2.07. The molecule has 0 amide bonds. The van der Waals surface area contributed by atoms with E-state index in [0.29, 0.717) is 0 Å². The molecule has 28 heteroatoms. The predicted molar refractivity (Wildman–Crippen MR) is 269 cm³/mol. The molecule has 0 radical (unpaired) electrons. The van der Waals surface area contributed by atoms with E-state index in [-0.39, 0.29) is 0 Å². The van der Waals surface area contributed by atoms with Crippen molar-refractivity contribution >= 4 is 56.3 Å². The number of carbonyl (C=O) groups is 2. The van der Waals surface area contributed by atoms with Gasteiger partial charge in [-0.15, -0.1) is 0 Å². The van der Waals surface area contributed by atoms with Crippen molar-refractivity contribution in [1.29, 1.82) is 0 Å². The van der Waals surface area contributed by atoms with E-state index in [1.54, 1.807) is 0 Å². The molecule has 0 saturated heterocycles. The number of rotatable bonds is 12. The molecule has 7 aromatic rings. The fourth-order valence-electron chi connectivity index (χ4n) is 11.0. The third-order valence-electron chi connectivity index (χ3n) is 15.1. The molecule has 3 aromatic heterocycles. The summed E-state index contributed by atoms with van der Waals surface area (Å²) in [6.45, 7) is 6.09. The van der Waals surface area contributed by atoms with Crippen molar-refractivity contribution in [3.8, 4) is 44.5 Å². The van der Waals surface area contributed by atoms with Crippen LogP contribution in [-0.2, 0) is 22.4 Å². The van der Waals surface area contributed by atoms with Crippen molar-refractivity contribution in [1.82, 2.24) is 19.9 Å². The molecular formula is C58H34F20N4O4. The topological polar surface area (TPSA) is 132 Å². The highest BCUT2D eigenvalue weighted by molar-refractivity contribution is 6.09. The first-order valence-electron chi connectivity index (χ1n) is 25.1. The SMILES string of the molecule is CCC1=C(C)c2nc1c(-c1c(F)c(F)c(F)c(F)c1F)c1[nH]c(c(CC)c1C)c(-c1c(F)c(F)c(F)c(F)c1F)c1nc(c(-c3c(F)c(F)c(F)c(F)c3F)c3[nH]c(c(C)c3CCC(=O)O)c2-c2c(F)c(F)c(F)c(F)c2F)C(CCC(=O)O)=C1C. The Morgan fingerprint density at radius 3 is 0.907 bits per heavy atom. The maximum absolute atomic E-state index is 17.0. The fraction of sp³-hybridized carbons (Fsp3) is 0.207. The number of halogens is 20. The molecule has 86 heavy (non-hydrogen) atoms. The molecule has 0 aliphatic carbocycles. The highest BCUT2D eigenvalue weighted by Gasteiger charge is 2.40. The molecular weight excluding hydrogens is 1200 g/mol. The van der Waals surface area contributed by atoms with E-state index in [9.17, 15) is 19.8 Å². The highest BCUT2D eigenvalue weighted by atomic mass is 19.2. The number of aliphatic carboxylic acids is 2. The summed E-state index contributed by atoms with van der Waals surface area (Å²) in [4.78, 5) is 38.4. The average molecular weight is 1230 g/mol. The van der Waals surface area contributed by atoms with Gasteiger partial charge in [0.1, 0.15) is 0 Å². The summed E-state index contributed by atoms with van der Waals surface area (Å²) in [6.07, 6.45) is -5.66. The minimum Gasteiger partial charge on any atom is -0.481 e. The molecule has 5 heterocycles. The van der Waals surface area contributed by atoms with Gasteiger partial charge in [0.2, 0.25) is 23.3 Å². The summed E-state index contributed by atoms with van der Waals surface area (Å²) < 4.78 is 321. The van der Waals surface area contributed by atoms with Gasteiger partial charge in [0.25, 0.3) is 0 Å². The van der Waals surface area contributed by atoms with Gasteiger partial charge in [0, 0.05) is 35.1 Å². The number of carboxylic acids is 2. The Bertz CT molecular complexity index is 4390. The Morgan fingerprint density at radius 1 is 0.326 bits per heavy atom. The fourth-order valence-corrected chi connectivity index (χ4v) is 11.0. The second-order valence-electron chi connectivity index (χ2n) is 19.6. The molecule has 4 aromatic carbocycles. The lowest BCUT2D eigenvalue weighted by molar-refractivity contribution is -0.137. The summed E-state index contributed by atoms with van der Waals surface area (Å²) >= 11 is 0. The van der Waals surface area contributed by atoms with E-state index >= 15 is 87.8 Å². The van der Waals surface area contributed by atoms with Gasteiger partial charge in [0.05, 0.1) is 67.1 Å². The van der Waals surface area contributed by atoms with Gasteiger partial charge >= 0.3 is 11.9 Å². The van der Waals surface area contributed by atoms with E-state index in [1.807, 2.05) is 0 Å². The van der Waals surface area contributed by atoms with Gasteiger partial charge in [-0.05, 0) is 97.9 Å². The zero-order valence-electron chi connectivity index (χ0n) is 44.4. The molecule has 2 aliphatic heterocycles. The number of benzene rings is 4. The second-order valence-corrected chi connectivity index (χ2v) is 19.6. The maximum atomic E-state index is 17.0. The van der Waals surface area contributed by atoms with Crippen LogP contribution in [0.2, 0.25) is 0 Å². The van der Waals surface area contributed by atoms with Crippen molar-refractivity contribution in [3.05, 3.63) is 161 Å². The molecule has 450 valence electrons. The molecule has 8 nitrogen and oxygen atoms in total. The van der Waals surface area contributed by atoms with Crippen LogP contribution in [0, 0.1) is 130 Å². The predicted octanol–water partition coefficient (Wildman–Crippen LogP) is 17.1. The molecule has 2 aliphatic rings. The van der Waals surface area contributed by atoms with Crippen LogP contribution in [0.1, 0.15) is 98.4 Å². The first-order chi connectivity index (χ1) is 40.3. The molecule has 0 spiro atoms. The summed E-state index contributed by atoms with van der Waals surface area (Å²) in [7, 11) is 0. The largest absolute Gasteiger partial charge is 0.481 e. The number of nitrogens with zero attached hydrogens (tertiary/aromatic N) is 2. The summed E-state index contributed by atoms with van der Waals surface area (Å²) in [5, 5.41) is 20.1. The number of hydrogen-bond donors (Lipinski definition) is 4. The number of fused-ring (bicyclic) bond motifs is 8. The van der Waals surface area contributed by atoms with Gasteiger partial charge < -0.3 is 20.2 Å². The van der Waals surface area contributed by atoms with Crippen LogP contribution in [0.3, 0.4) is 0 Å². The van der Waals surface area contributed by atoms with Crippen molar-refractivity contribution in [2.75, 3.05) is 0 Å². The van der Waals surface area contributed by atoms with E-state index < -0.39 is 301 Å². The summed E-state index contributed by atoms with van der Waals surface area (Å²) in [5.41, 5.74) is -27.5. The van der Waals surface area contributed by atoms with Crippen LogP contribution in [0.5, 0.6) is 0 Å². The number of aryl methyl sites for hydroxylation is 4. The van der Waals surface area contributed by atoms with Gasteiger partial charge in [-0.3, -0.25) is 9.59 Å². The Morgan fingerprint density at radius 2 is 0.581 bits per heavy atom. The van der Waals surface area contributed by atoms with E-state index in [2.05, 4.69) is 19.9 Å². The Balaban J connectivity index is 1.82. The third-order valence-corrected chi connectivity index (χ3v) is 15.1. The van der Waals surface area contributed by atoms with Crippen molar-refractivity contribution in [2.24, 2.45) is 0 Å². The van der Waals surface area contributed by atoms with E-state index in [4.69, 9.17) is 0 Å². The molecule has 9 rings (SSSR count). The van der Waals surface area contributed by atoms with Gasteiger partial charge in [-0.25, -0.2) is 97.8 Å². The van der Waals surface area contributed by atoms with Crippen LogP contribution in [0.4, 0.5) is 87.8 Å². The zero-order valence-corrected chi connectivity index (χ0v) is 44.4. The zero-order chi connectivity index (χ0) is 63.6. The quantitative estimate of drug-likeness (QED) is 0.0547. The number of H-pyrrole nitrogens is 2. The number of carboxylic acid groups (broad SMARTS) is 2. The number of allylic oxidation sites excluding steroid dienone is 4. The lowest BCUT2D eigenvalue weighted by atomic mass is 9.90. The number of nitrogens with one attached hydrogen (secondary N) is 2. The summed E-state index contributed by atoms with van der Waals surface area (Å²) in [6, 6.07) is 0. The van der Waals surface area contributed by atoms with Crippen LogP contribution < -0.4 is 0 Å². The first kappa shape index (κ1) is 61.6. The van der Waals surface area contributed by atoms with Crippen LogP contribution in [0.25, 0.3) is 88.9 Å². The molecule has 0 unspecified atom stereocenters. The van der Waals surface area contributed by atoms with Crippen molar-refractivity contribution in [2.45, 2.75) is 80.1 Å². The van der Waals surface area contributed by atoms with Gasteiger partial charge in [-0.1, -0.05) is 13.8 Å². The monoisotopic (exact) mass is 1230 g/mol. The van der Waals surface area contributed by atoms with E-state index in [1.165, 1.54) is 13.8 Å². The minimum absolute atomic E-state index is 0.472. The van der Waals surface area contributed by atoms with Crippen molar-refractivity contribution < 1.29 is 108 Å². The molecule has 8 bridgehead atoms. The highest BCUT2D eigenvalue weighted by Crippen LogP contribution is 2.52. The number of aromatic amines is 2. The lowest BCUT2D eigenvalue weighted by Gasteiger charge is -2.14. The summed E-state index contributed by atoms with van der Waals surface area (Å²) in [5.74, 6) is -58.3. The van der Waals surface area contributed by atoms with Gasteiger partial charge in [0.15, 0.2) is 93.1 Å². The van der Waals surface area contributed by atoms with Crippen LogP contribution in [-0.4, -0.2) is 42.1 Å². The van der Waals surface area contributed by atoms with Crippen molar-refractivity contribution in [3.63, 3.8) is 0 Å². The van der Waals surface area contributed by atoms with E-state index in [0.717, 1.165) is 27.7 Å². The first-order valence-corrected chi connectivity index (χ1v) is 25.1. The van der Waals surface area contributed by atoms with Gasteiger partial charge in [-0.2, -0.15) is 0 Å². The van der Waals surface area contributed by atoms with Crippen LogP contribution >= 0.6 is 0 Å². The number of aromatic nitrogens is 4. The smallest absolute Gasteiger partial charge is 0.303 e. The Labute approximate surface area is 468 Å². The molecule has 4 N–H and O–H groups in total.